The fraction of sp³-hybridized carbons (Fsp3) is 0.714. The Labute approximate surface area is 118 Å². The van der Waals surface area contributed by atoms with Crippen molar-refractivity contribution in [3.8, 4) is 0 Å². The van der Waals surface area contributed by atoms with E-state index >= 15 is 0 Å². The van der Waals surface area contributed by atoms with Crippen LogP contribution in [-0.2, 0) is 16.0 Å². The molecule has 1 aromatic rings. The van der Waals surface area contributed by atoms with Crippen molar-refractivity contribution >= 4 is 17.2 Å². The molecule has 0 aromatic carbocycles. The normalized spacial score (nSPS) is 20.7. The zero-order valence-corrected chi connectivity index (χ0v) is 12.6. The summed E-state index contributed by atoms with van der Waals surface area (Å²) in [6, 6.07) is 0.0817. The zero-order chi connectivity index (χ0) is 13.8. The van der Waals surface area contributed by atoms with E-state index in [1.54, 1.807) is 11.3 Å². The molecule has 1 aromatic heterocycles. The van der Waals surface area contributed by atoms with Gasteiger partial charge in [-0.15, -0.1) is 11.3 Å². The highest BCUT2D eigenvalue weighted by atomic mass is 32.1. The van der Waals surface area contributed by atoms with Crippen LogP contribution >= 0.6 is 11.3 Å². The first-order valence-electron chi connectivity index (χ1n) is 6.91. The summed E-state index contributed by atoms with van der Waals surface area (Å²) in [6.45, 7) is 7.05. The number of amides is 1. The number of hydrogen-bond acceptors (Lipinski definition) is 4. The highest BCUT2D eigenvalue weighted by molar-refractivity contribution is 7.09. The van der Waals surface area contributed by atoms with Gasteiger partial charge in [0.05, 0.1) is 29.3 Å². The van der Waals surface area contributed by atoms with E-state index in [0.717, 1.165) is 30.2 Å². The van der Waals surface area contributed by atoms with Gasteiger partial charge in [-0.05, 0) is 19.8 Å². The van der Waals surface area contributed by atoms with E-state index in [1.807, 2.05) is 12.3 Å². The number of ether oxygens (including phenoxy) is 1. The van der Waals surface area contributed by atoms with Gasteiger partial charge in [-0.3, -0.25) is 4.79 Å². The first kappa shape index (κ1) is 14.5. The van der Waals surface area contributed by atoms with Crippen molar-refractivity contribution < 1.29 is 9.53 Å². The maximum Gasteiger partial charge on any atom is 0.226 e. The molecule has 0 unspecified atom stereocenters. The monoisotopic (exact) mass is 282 g/mol. The zero-order valence-electron chi connectivity index (χ0n) is 11.8. The van der Waals surface area contributed by atoms with Crippen LogP contribution in [0.5, 0.6) is 0 Å². The first-order valence-corrected chi connectivity index (χ1v) is 7.79. The Kier molecular flexibility index (Phi) is 4.93. The number of nitrogens with one attached hydrogen (secondary N) is 1. The van der Waals surface area contributed by atoms with Crippen LogP contribution in [0.15, 0.2) is 5.38 Å². The Morgan fingerprint density at radius 3 is 2.95 bits per heavy atom. The van der Waals surface area contributed by atoms with Gasteiger partial charge in [-0.2, -0.15) is 0 Å². The van der Waals surface area contributed by atoms with Gasteiger partial charge < -0.3 is 10.1 Å². The third-order valence-corrected chi connectivity index (χ3v) is 4.51. The summed E-state index contributed by atoms with van der Waals surface area (Å²) in [5, 5.41) is 6.08. The van der Waals surface area contributed by atoms with Crippen LogP contribution in [0.25, 0.3) is 0 Å². The summed E-state index contributed by atoms with van der Waals surface area (Å²) < 4.78 is 5.57. The highest BCUT2D eigenvalue weighted by Gasteiger charge is 2.23. The van der Waals surface area contributed by atoms with E-state index in [0.29, 0.717) is 12.3 Å². The van der Waals surface area contributed by atoms with Crippen LogP contribution in [0.3, 0.4) is 0 Å². The van der Waals surface area contributed by atoms with Crippen LogP contribution in [-0.4, -0.2) is 29.6 Å². The van der Waals surface area contributed by atoms with Crippen LogP contribution in [0.1, 0.15) is 50.2 Å². The average Bonchev–Trinajstić information content (AvgIpc) is 2.98. The SMILES string of the molecule is CC(C)c1nc(CC(=O)N[C@@H](C)[C@H]2CCCO2)cs1. The summed E-state index contributed by atoms with van der Waals surface area (Å²) in [5.41, 5.74) is 0.866. The molecule has 5 heteroatoms. The standard InChI is InChI=1S/C14H22N2O2S/c1-9(2)14-16-11(8-19-14)7-13(17)15-10(3)12-5-4-6-18-12/h8-10,12H,4-7H2,1-3H3,(H,15,17)/t10-,12+/m0/s1. The van der Waals surface area contributed by atoms with E-state index in [-0.39, 0.29) is 18.1 Å². The third kappa shape index (κ3) is 4.01. The lowest BCUT2D eigenvalue weighted by Crippen LogP contribution is -2.41. The molecule has 1 N–H and O–H groups in total. The molecule has 1 fully saturated rings. The summed E-state index contributed by atoms with van der Waals surface area (Å²) in [7, 11) is 0. The molecule has 0 saturated carbocycles. The van der Waals surface area contributed by atoms with Crippen molar-refractivity contribution in [3.05, 3.63) is 16.1 Å². The molecule has 19 heavy (non-hydrogen) atoms. The van der Waals surface area contributed by atoms with E-state index in [2.05, 4.69) is 24.1 Å². The van der Waals surface area contributed by atoms with Crippen molar-refractivity contribution in [2.45, 2.75) is 58.1 Å². The molecule has 2 rings (SSSR count). The lowest BCUT2D eigenvalue weighted by molar-refractivity contribution is -0.121. The van der Waals surface area contributed by atoms with Gasteiger partial charge in [-0.25, -0.2) is 4.98 Å². The molecule has 4 nitrogen and oxygen atoms in total. The van der Waals surface area contributed by atoms with Crippen LogP contribution in [0.2, 0.25) is 0 Å². The fourth-order valence-electron chi connectivity index (χ4n) is 2.23. The Hall–Kier alpha value is -0.940. The van der Waals surface area contributed by atoms with E-state index in [9.17, 15) is 4.79 Å². The summed E-state index contributed by atoms with van der Waals surface area (Å²) in [6.07, 6.45) is 2.66. The number of carbonyl (C=O) groups is 1. The van der Waals surface area contributed by atoms with Crippen molar-refractivity contribution in [2.24, 2.45) is 0 Å². The van der Waals surface area contributed by atoms with Gasteiger partial charge in [0, 0.05) is 17.9 Å². The van der Waals surface area contributed by atoms with E-state index in [1.165, 1.54) is 0 Å². The summed E-state index contributed by atoms with van der Waals surface area (Å²) >= 11 is 1.63. The average molecular weight is 282 g/mol. The summed E-state index contributed by atoms with van der Waals surface area (Å²) in [5.74, 6) is 0.455. The molecule has 2 heterocycles. The molecule has 106 valence electrons. The van der Waals surface area contributed by atoms with Gasteiger partial charge in [0.25, 0.3) is 0 Å². The molecule has 1 aliphatic rings. The number of aromatic nitrogens is 1. The minimum atomic E-state index is 0.0311. The van der Waals surface area contributed by atoms with Gasteiger partial charge in [0.1, 0.15) is 0 Å². The topological polar surface area (TPSA) is 51.2 Å². The van der Waals surface area contributed by atoms with Crippen molar-refractivity contribution in [3.63, 3.8) is 0 Å². The van der Waals surface area contributed by atoms with Gasteiger partial charge in [0.2, 0.25) is 5.91 Å². The second kappa shape index (κ2) is 6.48. The maximum atomic E-state index is 12.0. The lowest BCUT2D eigenvalue weighted by Gasteiger charge is -2.19. The van der Waals surface area contributed by atoms with Gasteiger partial charge in [0.15, 0.2) is 0 Å². The molecule has 0 spiro atoms. The van der Waals surface area contributed by atoms with Crippen LogP contribution < -0.4 is 5.32 Å². The quantitative estimate of drug-likeness (QED) is 0.902. The van der Waals surface area contributed by atoms with Gasteiger partial charge >= 0.3 is 0 Å². The molecule has 0 aliphatic carbocycles. The van der Waals surface area contributed by atoms with Crippen molar-refractivity contribution in [1.29, 1.82) is 0 Å². The molecular formula is C14H22N2O2S. The minimum absolute atomic E-state index is 0.0311. The predicted octanol–water partition coefficient (Wildman–Crippen LogP) is 2.49. The van der Waals surface area contributed by atoms with Crippen molar-refractivity contribution in [1.82, 2.24) is 10.3 Å². The minimum Gasteiger partial charge on any atom is -0.376 e. The number of thiazole rings is 1. The summed E-state index contributed by atoms with van der Waals surface area (Å²) in [4.78, 5) is 16.4. The van der Waals surface area contributed by atoms with Crippen LogP contribution in [0.4, 0.5) is 0 Å². The molecule has 0 radical (unpaired) electrons. The Morgan fingerprint density at radius 1 is 1.58 bits per heavy atom. The van der Waals surface area contributed by atoms with E-state index in [4.69, 9.17) is 4.74 Å². The van der Waals surface area contributed by atoms with Crippen molar-refractivity contribution in [2.75, 3.05) is 6.61 Å². The number of carbonyl (C=O) groups excluding carboxylic acids is 1. The van der Waals surface area contributed by atoms with Crippen LogP contribution in [0, 0.1) is 0 Å². The molecular weight excluding hydrogens is 260 g/mol. The number of nitrogens with zero attached hydrogens (tertiary/aromatic N) is 1. The molecule has 1 saturated heterocycles. The second-order valence-corrected chi connectivity index (χ2v) is 6.31. The highest BCUT2D eigenvalue weighted by Crippen LogP contribution is 2.19. The Morgan fingerprint density at radius 2 is 2.37 bits per heavy atom. The number of rotatable bonds is 5. The Balaban J connectivity index is 1.82. The molecule has 0 bridgehead atoms. The van der Waals surface area contributed by atoms with E-state index < -0.39 is 0 Å². The molecule has 1 aliphatic heterocycles. The second-order valence-electron chi connectivity index (χ2n) is 5.42. The fourth-order valence-corrected chi connectivity index (χ4v) is 3.06. The predicted molar refractivity (Wildman–Crippen MR) is 76.5 cm³/mol. The van der Waals surface area contributed by atoms with Gasteiger partial charge in [-0.1, -0.05) is 13.8 Å². The first-order chi connectivity index (χ1) is 9.06. The maximum absolute atomic E-state index is 12.0. The molecule has 1 amide bonds. The third-order valence-electron chi connectivity index (χ3n) is 3.32. The Bertz CT molecular complexity index is 425. The smallest absolute Gasteiger partial charge is 0.226 e. The number of hydrogen-bond donors (Lipinski definition) is 1. The molecule has 2 atom stereocenters. The lowest BCUT2D eigenvalue weighted by atomic mass is 10.1. The largest absolute Gasteiger partial charge is 0.376 e.